The van der Waals surface area contributed by atoms with E-state index in [0.29, 0.717) is 0 Å². The highest BCUT2D eigenvalue weighted by atomic mass is 14.4. The van der Waals surface area contributed by atoms with Gasteiger partial charge in [0.1, 0.15) is 0 Å². The van der Waals surface area contributed by atoms with Crippen LogP contribution in [0.15, 0.2) is 170 Å². The topological polar surface area (TPSA) is 0 Å². The molecule has 0 spiro atoms. The maximum atomic E-state index is 2.40. The van der Waals surface area contributed by atoms with Crippen molar-refractivity contribution < 1.29 is 0 Å². The first kappa shape index (κ1) is 28.1. The Labute approximate surface area is 286 Å². The molecule has 0 heterocycles. The summed E-state index contributed by atoms with van der Waals surface area (Å²) in [5.41, 5.74) is 13.0. The van der Waals surface area contributed by atoms with E-state index in [0.717, 1.165) is 0 Å². The summed E-state index contributed by atoms with van der Waals surface area (Å²) in [4.78, 5) is 0. The Morgan fingerprint density at radius 2 is 0.837 bits per heavy atom. The van der Waals surface area contributed by atoms with Crippen molar-refractivity contribution in [2.24, 2.45) is 0 Å². The summed E-state index contributed by atoms with van der Waals surface area (Å²) in [5.74, 6) is 0. The van der Waals surface area contributed by atoms with Crippen LogP contribution in [0.5, 0.6) is 0 Å². The van der Waals surface area contributed by atoms with Crippen molar-refractivity contribution in [3.05, 3.63) is 181 Å². The van der Waals surface area contributed by atoms with Crippen molar-refractivity contribution in [2.45, 2.75) is 19.3 Å². The highest BCUT2D eigenvalue weighted by Gasteiger charge is 2.34. The van der Waals surface area contributed by atoms with Crippen LogP contribution in [0, 0.1) is 0 Å². The number of hydrogen-bond donors (Lipinski definition) is 0. The predicted molar refractivity (Wildman–Crippen MR) is 210 cm³/mol. The maximum absolute atomic E-state index is 2.40. The lowest BCUT2D eigenvalue weighted by Crippen LogP contribution is -2.23. The minimum absolute atomic E-state index is 0.104. The van der Waals surface area contributed by atoms with E-state index in [1.54, 1.807) is 0 Å². The van der Waals surface area contributed by atoms with Gasteiger partial charge >= 0.3 is 0 Å². The number of rotatable bonds is 3. The summed E-state index contributed by atoms with van der Waals surface area (Å²) in [6.07, 6.45) is 0. The molecule has 9 aromatic rings. The Morgan fingerprint density at radius 1 is 0.286 bits per heavy atom. The molecular formula is C49H34. The van der Waals surface area contributed by atoms with Crippen LogP contribution in [0.1, 0.15) is 25.0 Å². The molecule has 0 amide bonds. The Hall–Kier alpha value is -5.98. The molecule has 0 nitrogen and oxygen atoms in total. The van der Waals surface area contributed by atoms with Crippen molar-refractivity contribution >= 4 is 43.1 Å². The molecule has 0 radical (unpaired) electrons. The van der Waals surface area contributed by atoms with Crippen molar-refractivity contribution in [3.63, 3.8) is 0 Å². The Balaban J connectivity index is 1.39. The molecule has 0 heteroatoms. The summed E-state index contributed by atoms with van der Waals surface area (Å²) in [6.45, 7) is 4.76. The number of hydrogen-bond acceptors (Lipinski definition) is 0. The van der Waals surface area contributed by atoms with Crippen molar-refractivity contribution in [2.75, 3.05) is 0 Å². The maximum Gasteiger partial charge on any atom is 0.0159 e. The van der Waals surface area contributed by atoms with Gasteiger partial charge in [-0.3, -0.25) is 0 Å². The van der Waals surface area contributed by atoms with Gasteiger partial charge in [-0.1, -0.05) is 184 Å². The lowest BCUT2D eigenvalue weighted by Gasteiger charge is -2.35. The standard InChI is InChI=1S/C49H34/c1-49(2)43-25-12-11-19-35(43)40-28-29-41(39-24-14-26-44(49)47(39)40)46-38-21-10-9-20-37(38)45(32-17-7-4-8-18-32)48-36-23-13-22-33(31-15-5-3-6-16-31)34(36)27-30-42(46)48/h3-30H,1-2H3. The van der Waals surface area contributed by atoms with E-state index < -0.39 is 0 Å². The molecule has 0 aliphatic heterocycles. The van der Waals surface area contributed by atoms with Gasteiger partial charge in [0.25, 0.3) is 0 Å². The van der Waals surface area contributed by atoms with Gasteiger partial charge in [-0.25, -0.2) is 0 Å². The summed E-state index contributed by atoms with van der Waals surface area (Å²) in [6, 6.07) is 63.1. The SMILES string of the molecule is CC1(C)c2ccccc2-c2ccc(-c3c4ccccc4c(-c4ccccc4)c4c3ccc3c(-c5ccccc5)cccc34)c3cccc1c23. The third-order valence-electron chi connectivity index (χ3n) is 11.1. The normalized spacial score (nSPS) is 13.3. The lowest BCUT2D eigenvalue weighted by atomic mass is 9.68. The molecule has 1 aliphatic rings. The zero-order valence-electron chi connectivity index (χ0n) is 27.7. The minimum Gasteiger partial charge on any atom is -0.0622 e. The molecule has 0 atom stereocenters. The smallest absolute Gasteiger partial charge is 0.0159 e. The molecule has 0 saturated carbocycles. The molecule has 0 unspecified atom stereocenters. The molecule has 0 saturated heterocycles. The van der Waals surface area contributed by atoms with E-state index in [4.69, 9.17) is 0 Å². The molecule has 49 heavy (non-hydrogen) atoms. The van der Waals surface area contributed by atoms with Gasteiger partial charge in [-0.05, 0) is 98.7 Å². The summed E-state index contributed by atoms with van der Waals surface area (Å²) >= 11 is 0. The summed E-state index contributed by atoms with van der Waals surface area (Å²) < 4.78 is 0. The van der Waals surface area contributed by atoms with Crippen LogP contribution >= 0.6 is 0 Å². The van der Waals surface area contributed by atoms with Crippen molar-refractivity contribution in [3.8, 4) is 44.5 Å². The molecule has 0 aromatic heterocycles. The molecule has 10 rings (SSSR count). The van der Waals surface area contributed by atoms with Crippen LogP contribution in [-0.2, 0) is 5.41 Å². The second-order valence-electron chi connectivity index (χ2n) is 14.0. The van der Waals surface area contributed by atoms with E-state index >= 15 is 0 Å². The quantitative estimate of drug-likeness (QED) is 0.136. The molecule has 0 fully saturated rings. The van der Waals surface area contributed by atoms with Gasteiger partial charge in [-0.2, -0.15) is 0 Å². The Morgan fingerprint density at radius 3 is 1.63 bits per heavy atom. The third kappa shape index (κ3) is 3.98. The van der Waals surface area contributed by atoms with Crippen LogP contribution in [0.2, 0.25) is 0 Å². The van der Waals surface area contributed by atoms with Crippen LogP contribution in [0.25, 0.3) is 87.6 Å². The van der Waals surface area contributed by atoms with Gasteiger partial charge < -0.3 is 0 Å². The van der Waals surface area contributed by atoms with Crippen LogP contribution in [0.3, 0.4) is 0 Å². The van der Waals surface area contributed by atoms with Gasteiger partial charge in [0, 0.05) is 5.41 Å². The molecule has 0 bridgehead atoms. The second-order valence-corrected chi connectivity index (χ2v) is 14.0. The first-order chi connectivity index (χ1) is 24.1. The van der Waals surface area contributed by atoms with Crippen LogP contribution in [0.4, 0.5) is 0 Å². The van der Waals surface area contributed by atoms with Crippen LogP contribution < -0.4 is 0 Å². The molecule has 1 aliphatic carbocycles. The lowest BCUT2D eigenvalue weighted by molar-refractivity contribution is 0.645. The molecule has 230 valence electrons. The molecule has 0 N–H and O–H groups in total. The number of fused-ring (bicyclic) bond motifs is 6. The van der Waals surface area contributed by atoms with Gasteiger partial charge in [-0.15, -0.1) is 0 Å². The van der Waals surface area contributed by atoms with Crippen molar-refractivity contribution in [1.29, 1.82) is 0 Å². The average Bonchev–Trinajstić information content (AvgIpc) is 3.16. The summed E-state index contributed by atoms with van der Waals surface area (Å²) in [5, 5.41) is 10.4. The minimum atomic E-state index is -0.104. The van der Waals surface area contributed by atoms with E-state index in [2.05, 4.69) is 184 Å². The Kier molecular flexibility index (Phi) is 6.02. The fraction of sp³-hybridized carbons (Fsp3) is 0.0612. The zero-order valence-corrected chi connectivity index (χ0v) is 27.7. The van der Waals surface area contributed by atoms with E-state index in [1.165, 1.54) is 98.7 Å². The largest absolute Gasteiger partial charge is 0.0622 e. The fourth-order valence-corrected chi connectivity index (χ4v) is 8.88. The van der Waals surface area contributed by atoms with Crippen molar-refractivity contribution in [1.82, 2.24) is 0 Å². The van der Waals surface area contributed by atoms with E-state index in [1.807, 2.05) is 0 Å². The second kappa shape index (κ2) is 10.5. The zero-order chi connectivity index (χ0) is 32.7. The van der Waals surface area contributed by atoms with Gasteiger partial charge in [0.05, 0.1) is 0 Å². The molecular weight excluding hydrogens is 589 g/mol. The van der Waals surface area contributed by atoms with Crippen LogP contribution in [-0.4, -0.2) is 0 Å². The number of benzene rings is 9. The van der Waals surface area contributed by atoms with Gasteiger partial charge in [0.2, 0.25) is 0 Å². The first-order valence-electron chi connectivity index (χ1n) is 17.3. The Bertz CT molecular complexity index is 2770. The predicted octanol–water partition coefficient (Wildman–Crippen LogP) is 13.6. The van der Waals surface area contributed by atoms with Gasteiger partial charge in [0.15, 0.2) is 0 Å². The summed E-state index contributed by atoms with van der Waals surface area (Å²) in [7, 11) is 0. The monoisotopic (exact) mass is 622 g/mol. The third-order valence-corrected chi connectivity index (χ3v) is 11.1. The average molecular weight is 623 g/mol. The highest BCUT2D eigenvalue weighted by molar-refractivity contribution is 6.30. The first-order valence-corrected chi connectivity index (χ1v) is 17.3. The van der Waals surface area contributed by atoms with E-state index in [-0.39, 0.29) is 5.41 Å². The fourth-order valence-electron chi connectivity index (χ4n) is 8.88. The molecule has 9 aromatic carbocycles. The van der Waals surface area contributed by atoms with E-state index in [9.17, 15) is 0 Å². The highest BCUT2D eigenvalue weighted by Crippen LogP contribution is 2.53.